The molecule has 2 aliphatic rings. The number of hydrogen-bond donors (Lipinski definition) is 1. The van der Waals surface area contributed by atoms with Gasteiger partial charge in [0, 0.05) is 45.0 Å². The van der Waals surface area contributed by atoms with Gasteiger partial charge >= 0.3 is 0 Å². The maximum atomic E-state index is 12.3. The van der Waals surface area contributed by atoms with Gasteiger partial charge in [0.05, 0.1) is 6.61 Å². The molecule has 0 bridgehead atoms. The van der Waals surface area contributed by atoms with Crippen LogP contribution >= 0.6 is 0 Å². The monoisotopic (exact) mass is 277 g/mol. The second-order valence-corrected chi connectivity index (χ2v) is 5.22. The van der Waals surface area contributed by atoms with Crippen LogP contribution < -0.4 is 0 Å². The van der Waals surface area contributed by atoms with E-state index in [2.05, 4.69) is 9.88 Å². The Balaban J connectivity index is 1.60. The molecule has 6 nitrogen and oxygen atoms in total. The van der Waals surface area contributed by atoms with Gasteiger partial charge in [-0.3, -0.25) is 9.69 Å². The summed E-state index contributed by atoms with van der Waals surface area (Å²) in [4.78, 5) is 20.4. The fraction of sp³-hybridized carbons (Fsp3) is 0.571. The van der Waals surface area contributed by atoms with Gasteiger partial charge in [0.1, 0.15) is 5.75 Å². The van der Waals surface area contributed by atoms with Crippen LogP contribution in [0.3, 0.4) is 0 Å². The minimum Gasteiger partial charge on any atom is -0.505 e. The third-order valence-electron chi connectivity index (χ3n) is 4.01. The Morgan fingerprint density at radius 1 is 1.35 bits per heavy atom. The van der Waals surface area contributed by atoms with E-state index in [1.54, 1.807) is 11.0 Å². The molecule has 1 unspecified atom stereocenters. The summed E-state index contributed by atoms with van der Waals surface area (Å²) in [6.45, 7) is 4.69. The third-order valence-corrected chi connectivity index (χ3v) is 4.01. The lowest BCUT2D eigenvalue weighted by Crippen LogP contribution is -2.52. The van der Waals surface area contributed by atoms with E-state index >= 15 is 0 Å². The van der Waals surface area contributed by atoms with Crippen molar-refractivity contribution in [2.45, 2.75) is 12.5 Å². The number of piperazine rings is 1. The highest BCUT2D eigenvalue weighted by Crippen LogP contribution is 2.18. The van der Waals surface area contributed by atoms with Crippen LogP contribution in [0.2, 0.25) is 0 Å². The molecule has 0 aromatic carbocycles. The summed E-state index contributed by atoms with van der Waals surface area (Å²) in [7, 11) is 0. The molecule has 1 aromatic rings. The van der Waals surface area contributed by atoms with Gasteiger partial charge < -0.3 is 14.7 Å². The molecule has 0 radical (unpaired) electrons. The topological polar surface area (TPSA) is 65.9 Å². The maximum absolute atomic E-state index is 12.3. The largest absolute Gasteiger partial charge is 0.505 e. The lowest BCUT2D eigenvalue weighted by atomic mass is 10.2. The second-order valence-electron chi connectivity index (χ2n) is 5.22. The lowest BCUT2D eigenvalue weighted by molar-refractivity contribution is 0.0541. The summed E-state index contributed by atoms with van der Waals surface area (Å²) in [5.41, 5.74) is 0.144. The molecule has 3 rings (SSSR count). The number of nitrogens with zero attached hydrogens (tertiary/aromatic N) is 3. The minimum atomic E-state index is -0.189. The molecule has 0 aliphatic carbocycles. The van der Waals surface area contributed by atoms with Crippen LogP contribution in [0.5, 0.6) is 5.75 Å². The van der Waals surface area contributed by atoms with Crippen LogP contribution in [0.25, 0.3) is 0 Å². The SMILES string of the molecule is O=C(c1ncccc1O)N1CCN(C2CCOC2)CC1. The number of ether oxygens (including phenoxy) is 1. The van der Waals surface area contributed by atoms with Crippen LogP contribution in [0.4, 0.5) is 0 Å². The number of aromatic nitrogens is 1. The lowest BCUT2D eigenvalue weighted by Gasteiger charge is -2.37. The van der Waals surface area contributed by atoms with Crippen LogP contribution in [0.15, 0.2) is 18.3 Å². The molecule has 20 heavy (non-hydrogen) atoms. The van der Waals surface area contributed by atoms with Gasteiger partial charge in [-0.25, -0.2) is 4.98 Å². The van der Waals surface area contributed by atoms with E-state index in [9.17, 15) is 9.90 Å². The van der Waals surface area contributed by atoms with Crippen molar-refractivity contribution < 1.29 is 14.6 Å². The summed E-state index contributed by atoms with van der Waals surface area (Å²) >= 11 is 0. The van der Waals surface area contributed by atoms with Gasteiger partial charge in [-0.15, -0.1) is 0 Å². The van der Waals surface area contributed by atoms with Crippen molar-refractivity contribution in [3.63, 3.8) is 0 Å². The molecular weight excluding hydrogens is 258 g/mol. The fourth-order valence-corrected chi connectivity index (χ4v) is 2.81. The average molecular weight is 277 g/mol. The Labute approximate surface area is 118 Å². The van der Waals surface area contributed by atoms with Gasteiger partial charge in [0.25, 0.3) is 5.91 Å². The minimum absolute atomic E-state index is 0.0517. The predicted octanol–water partition coefficient (Wildman–Crippen LogP) is 0.334. The number of aromatic hydroxyl groups is 1. The quantitative estimate of drug-likeness (QED) is 0.844. The average Bonchev–Trinajstić information content (AvgIpc) is 3.01. The normalized spacial score (nSPS) is 24.0. The zero-order valence-electron chi connectivity index (χ0n) is 11.4. The first-order valence-electron chi connectivity index (χ1n) is 7.01. The highest BCUT2D eigenvalue weighted by atomic mass is 16.5. The zero-order valence-corrected chi connectivity index (χ0v) is 11.4. The zero-order chi connectivity index (χ0) is 13.9. The van der Waals surface area contributed by atoms with Gasteiger partial charge in [0.2, 0.25) is 0 Å². The summed E-state index contributed by atoms with van der Waals surface area (Å²) in [5.74, 6) is -0.241. The highest BCUT2D eigenvalue weighted by molar-refractivity contribution is 5.94. The maximum Gasteiger partial charge on any atom is 0.276 e. The molecule has 2 saturated heterocycles. The molecule has 1 aromatic heterocycles. The summed E-state index contributed by atoms with van der Waals surface area (Å²) in [5, 5.41) is 9.70. The molecule has 3 heterocycles. The second kappa shape index (κ2) is 5.76. The van der Waals surface area contributed by atoms with Crippen molar-refractivity contribution in [2.75, 3.05) is 39.4 Å². The highest BCUT2D eigenvalue weighted by Gasteiger charge is 2.29. The number of carbonyl (C=O) groups is 1. The van der Waals surface area contributed by atoms with E-state index in [-0.39, 0.29) is 17.4 Å². The molecular formula is C14H19N3O3. The van der Waals surface area contributed by atoms with Gasteiger partial charge in [-0.2, -0.15) is 0 Å². The summed E-state index contributed by atoms with van der Waals surface area (Å²) < 4.78 is 5.40. The number of amides is 1. The van der Waals surface area contributed by atoms with Gasteiger partial charge in [-0.05, 0) is 18.6 Å². The van der Waals surface area contributed by atoms with E-state index in [1.807, 2.05) is 0 Å². The molecule has 2 aliphatic heterocycles. The Bertz CT molecular complexity index is 480. The Kier molecular flexibility index (Phi) is 3.84. The first kappa shape index (κ1) is 13.3. The first-order valence-corrected chi connectivity index (χ1v) is 7.01. The molecule has 2 fully saturated rings. The van der Waals surface area contributed by atoms with E-state index < -0.39 is 0 Å². The van der Waals surface area contributed by atoms with Crippen molar-refractivity contribution in [3.8, 4) is 5.75 Å². The summed E-state index contributed by atoms with van der Waals surface area (Å²) in [6.07, 6.45) is 2.61. The van der Waals surface area contributed by atoms with Crippen LogP contribution in [0.1, 0.15) is 16.9 Å². The number of hydrogen-bond acceptors (Lipinski definition) is 5. The van der Waals surface area contributed by atoms with Crippen molar-refractivity contribution >= 4 is 5.91 Å². The molecule has 0 saturated carbocycles. The molecule has 6 heteroatoms. The Hall–Kier alpha value is -1.66. The van der Waals surface area contributed by atoms with Crippen LogP contribution in [0, 0.1) is 0 Å². The first-order chi connectivity index (χ1) is 9.75. The standard InChI is InChI=1S/C14H19N3O3/c18-12-2-1-4-15-13(12)14(19)17-7-5-16(6-8-17)11-3-9-20-10-11/h1-2,4,11,18H,3,5-10H2. The fourth-order valence-electron chi connectivity index (χ4n) is 2.81. The van der Waals surface area contributed by atoms with Gasteiger partial charge in [0.15, 0.2) is 5.69 Å². The van der Waals surface area contributed by atoms with Gasteiger partial charge in [-0.1, -0.05) is 0 Å². The van der Waals surface area contributed by atoms with Crippen LogP contribution in [-0.2, 0) is 4.74 Å². The van der Waals surface area contributed by atoms with Crippen LogP contribution in [-0.4, -0.2) is 71.2 Å². The van der Waals surface area contributed by atoms with Crippen molar-refractivity contribution in [3.05, 3.63) is 24.0 Å². The molecule has 1 N–H and O–H groups in total. The molecule has 1 amide bonds. The van der Waals surface area contributed by atoms with Crippen molar-refractivity contribution in [1.82, 2.24) is 14.8 Å². The van der Waals surface area contributed by atoms with E-state index in [4.69, 9.17) is 4.74 Å². The molecule has 0 spiro atoms. The number of carbonyl (C=O) groups excluding carboxylic acids is 1. The Morgan fingerprint density at radius 3 is 2.80 bits per heavy atom. The number of rotatable bonds is 2. The molecule has 108 valence electrons. The third kappa shape index (κ3) is 2.62. The van der Waals surface area contributed by atoms with E-state index in [0.717, 1.165) is 32.7 Å². The number of pyridine rings is 1. The van der Waals surface area contributed by atoms with E-state index in [0.29, 0.717) is 19.1 Å². The smallest absolute Gasteiger partial charge is 0.276 e. The summed E-state index contributed by atoms with van der Waals surface area (Å²) in [6, 6.07) is 3.60. The van der Waals surface area contributed by atoms with E-state index in [1.165, 1.54) is 12.3 Å². The van der Waals surface area contributed by atoms with Crippen molar-refractivity contribution in [1.29, 1.82) is 0 Å². The predicted molar refractivity (Wildman–Crippen MR) is 72.6 cm³/mol. The Morgan fingerprint density at radius 2 is 2.15 bits per heavy atom. The van der Waals surface area contributed by atoms with Crippen molar-refractivity contribution in [2.24, 2.45) is 0 Å². The molecule has 1 atom stereocenters.